The lowest BCUT2D eigenvalue weighted by atomic mass is 9.77. The zero-order valence-corrected chi connectivity index (χ0v) is 16.7. The van der Waals surface area contributed by atoms with E-state index in [2.05, 4.69) is 24.3 Å². The maximum absolute atomic E-state index is 12.4. The molecule has 0 bridgehead atoms. The van der Waals surface area contributed by atoms with E-state index in [-0.39, 0.29) is 11.5 Å². The Morgan fingerprint density at radius 2 is 2.16 bits per heavy atom. The van der Waals surface area contributed by atoms with Crippen molar-refractivity contribution >= 4 is 6.09 Å². The summed E-state index contributed by atoms with van der Waals surface area (Å²) in [7, 11) is 1.96. The third-order valence-electron chi connectivity index (χ3n) is 5.22. The van der Waals surface area contributed by atoms with Crippen molar-refractivity contribution in [2.75, 3.05) is 19.6 Å². The highest BCUT2D eigenvalue weighted by Crippen LogP contribution is 2.33. The number of piperidine rings is 1. The number of aryl methyl sites for hydroxylation is 1. The van der Waals surface area contributed by atoms with Crippen LogP contribution in [0.3, 0.4) is 0 Å². The lowest BCUT2D eigenvalue weighted by Gasteiger charge is -2.43. The Bertz CT molecular complexity index is 591. The van der Waals surface area contributed by atoms with Crippen molar-refractivity contribution in [3.05, 3.63) is 17.5 Å². The third kappa shape index (κ3) is 5.21. The quantitative estimate of drug-likeness (QED) is 0.885. The summed E-state index contributed by atoms with van der Waals surface area (Å²) in [5, 5.41) is 7.89. The van der Waals surface area contributed by atoms with Crippen LogP contribution in [0.15, 0.2) is 6.20 Å². The van der Waals surface area contributed by atoms with Crippen molar-refractivity contribution in [3.8, 4) is 0 Å². The van der Waals surface area contributed by atoms with Gasteiger partial charge in [0, 0.05) is 49.9 Å². The molecular weight excluding hydrogens is 316 g/mol. The Labute approximate surface area is 151 Å². The molecule has 2 rings (SSSR count). The Balaban J connectivity index is 1.94. The summed E-state index contributed by atoms with van der Waals surface area (Å²) in [4.78, 5) is 14.3. The number of hydrogen-bond acceptors (Lipinski definition) is 4. The van der Waals surface area contributed by atoms with Crippen molar-refractivity contribution < 1.29 is 9.53 Å². The molecule has 1 unspecified atom stereocenters. The first-order valence-electron chi connectivity index (χ1n) is 9.32. The summed E-state index contributed by atoms with van der Waals surface area (Å²) >= 11 is 0. The molecule has 1 aromatic heterocycles. The topological polar surface area (TPSA) is 59.4 Å². The van der Waals surface area contributed by atoms with Crippen LogP contribution in [0.4, 0.5) is 4.79 Å². The molecule has 6 nitrogen and oxygen atoms in total. The van der Waals surface area contributed by atoms with E-state index in [1.165, 1.54) is 11.3 Å². The van der Waals surface area contributed by atoms with Crippen molar-refractivity contribution in [1.29, 1.82) is 0 Å². The molecule has 1 atom stereocenters. The molecule has 1 saturated heterocycles. The number of likely N-dealkylation sites (tertiary alicyclic amines) is 1. The highest BCUT2D eigenvalue weighted by molar-refractivity contribution is 5.68. The molecule has 1 N–H and O–H groups in total. The number of nitrogens with zero attached hydrogens (tertiary/aromatic N) is 3. The highest BCUT2D eigenvalue weighted by atomic mass is 16.6. The number of nitrogens with one attached hydrogen (secondary N) is 1. The summed E-state index contributed by atoms with van der Waals surface area (Å²) in [6, 6.07) is 0. The molecule has 0 aromatic carbocycles. The van der Waals surface area contributed by atoms with Crippen LogP contribution in [0.2, 0.25) is 0 Å². The van der Waals surface area contributed by atoms with Gasteiger partial charge in [-0.05, 0) is 47.0 Å². The smallest absolute Gasteiger partial charge is 0.410 e. The Morgan fingerprint density at radius 3 is 2.72 bits per heavy atom. The summed E-state index contributed by atoms with van der Waals surface area (Å²) in [5.41, 5.74) is 2.09. The van der Waals surface area contributed by atoms with Gasteiger partial charge in [0.1, 0.15) is 5.60 Å². The van der Waals surface area contributed by atoms with E-state index in [4.69, 9.17) is 4.74 Å². The minimum absolute atomic E-state index is 0.116. The van der Waals surface area contributed by atoms with Gasteiger partial charge in [0.25, 0.3) is 0 Å². The van der Waals surface area contributed by atoms with Gasteiger partial charge in [-0.25, -0.2) is 4.79 Å². The zero-order valence-electron chi connectivity index (χ0n) is 16.7. The van der Waals surface area contributed by atoms with E-state index < -0.39 is 5.60 Å². The Kier molecular flexibility index (Phi) is 6.14. The standard InChI is InChI=1S/C19H34N4O2/c1-7-19(13-20-11-16-12-21-22(6)15(16)2)9-8-10-23(14-19)17(24)25-18(3,4)5/h12,20H,7-11,13-14H2,1-6H3. The minimum atomic E-state index is -0.445. The molecule has 0 radical (unpaired) electrons. The van der Waals surface area contributed by atoms with E-state index >= 15 is 0 Å². The molecule has 1 aliphatic rings. The molecule has 25 heavy (non-hydrogen) atoms. The molecule has 1 aromatic rings. The fourth-order valence-corrected chi connectivity index (χ4v) is 3.43. The number of hydrogen-bond donors (Lipinski definition) is 1. The highest BCUT2D eigenvalue weighted by Gasteiger charge is 2.37. The van der Waals surface area contributed by atoms with Crippen LogP contribution >= 0.6 is 0 Å². The van der Waals surface area contributed by atoms with E-state index in [9.17, 15) is 4.79 Å². The van der Waals surface area contributed by atoms with Crippen molar-refractivity contribution in [1.82, 2.24) is 20.0 Å². The van der Waals surface area contributed by atoms with Crippen LogP contribution in [-0.2, 0) is 18.3 Å². The molecule has 2 heterocycles. The number of carbonyl (C=O) groups excluding carboxylic acids is 1. The fraction of sp³-hybridized carbons (Fsp3) is 0.789. The van der Waals surface area contributed by atoms with E-state index in [0.717, 1.165) is 45.4 Å². The fourth-order valence-electron chi connectivity index (χ4n) is 3.43. The van der Waals surface area contributed by atoms with Crippen molar-refractivity contribution in [3.63, 3.8) is 0 Å². The summed E-state index contributed by atoms with van der Waals surface area (Å²) in [5.74, 6) is 0. The average Bonchev–Trinajstić information content (AvgIpc) is 2.85. The molecule has 0 saturated carbocycles. The summed E-state index contributed by atoms with van der Waals surface area (Å²) in [6.45, 7) is 13.3. The zero-order chi connectivity index (χ0) is 18.7. The SMILES string of the molecule is CCC1(CNCc2cnn(C)c2C)CCCN(C(=O)OC(C)(C)C)C1. The molecule has 0 spiro atoms. The summed E-state index contributed by atoms with van der Waals surface area (Å²) < 4.78 is 7.46. The van der Waals surface area contributed by atoms with Crippen LogP contribution in [0.1, 0.15) is 58.2 Å². The molecule has 1 amide bonds. The van der Waals surface area contributed by atoms with Crippen molar-refractivity contribution in [2.45, 2.75) is 66.0 Å². The van der Waals surface area contributed by atoms with Gasteiger partial charge in [0.2, 0.25) is 0 Å². The lowest BCUT2D eigenvalue weighted by Crippen LogP contribution is -2.51. The van der Waals surface area contributed by atoms with Gasteiger partial charge in [-0.15, -0.1) is 0 Å². The van der Waals surface area contributed by atoms with Gasteiger partial charge >= 0.3 is 6.09 Å². The average molecular weight is 351 g/mol. The van der Waals surface area contributed by atoms with Gasteiger partial charge in [0.05, 0.1) is 6.20 Å². The normalized spacial score (nSPS) is 21.4. The maximum Gasteiger partial charge on any atom is 0.410 e. The monoisotopic (exact) mass is 350 g/mol. The predicted octanol–water partition coefficient (Wildman–Crippen LogP) is 3.25. The van der Waals surface area contributed by atoms with E-state index in [1.807, 2.05) is 43.6 Å². The van der Waals surface area contributed by atoms with Crippen LogP contribution in [0.25, 0.3) is 0 Å². The second kappa shape index (κ2) is 7.77. The van der Waals surface area contributed by atoms with Gasteiger partial charge in [-0.3, -0.25) is 4.68 Å². The van der Waals surface area contributed by atoms with E-state index in [1.54, 1.807) is 0 Å². The van der Waals surface area contributed by atoms with Crippen molar-refractivity contribution in [2.24, 2.45) is 12.5 Å². The number of aromatic nitrogens is 2. The second-order valence-corrected chi connectivity index (χ2v) is 8.34. The second-order valence-electron chi connectivity index (χ2n) is 8.34. The first kappa shape index (κ1) is 19.8. The maximum atomic E-state index is 12.4. The summed E-state index contributed by atoms with van der Waals surface area (Å²) in [6.07, 6.45) is 4.95. The molecule has 1 fully saturated rings. The van der Waals surface area contributed by atoms with Crippen LogP contribution < -0.4 is 5.32 Å². The third-order valence-corrected chi connectivity index (χ3v) is 5.22. The molecule has 1 aliphatic heterocycles. The lowest BCUT2D eigenvalue weighted by molar-refractivity contribution is 0.00332. The van der Waals surface area contributed by atoms with Crippen LogP contribution in [-0.4, -0.2) is 46.0 Å². The van der Waals surface area contributed by atoms with Gasteiger partial charge in [-0.1, -0.05) is 6.92 Å². The first-order chi connectivity index (χ1) is 11.7. The van der Waals surface area contributed by atoms with Gasteiger partial charge < -0.3 is 15.0 Å². The Hall–Kier alpha value is -1.56. The van der Waals surface area contributed by atoms with Gasteiger partial charge in [-0.2, -0.15) is 5.10 Å². The first-order valence-corrected chi connectivity index (χ1v) is 9.32. The molecular formula is C19H34N4O2. The molecule has 142 valence electrons. The van der Waals surface area contributed by atoms with Crippen LogP contribution in [0, 0.1) is 12.3 Å². The minimum Gasteiger partial charge on any atom is -0.444 e. The Morgan fingerprint density at radius 1 is 1.44 bits per heavy atom. The number of carbonyl (C=O) groups is 1. The number of amides is 1. The molecule has 6 heteroatoms. The number of rotatable bonds is 5. The molecule has 0 aliphatic carbocycles. The largest absolute Gasteiger partial charge is 0.444 e. The van der Waals surface area contributed by atoms with E-state index in [0.29, 0.717) is 0 Å². The van der Waals surface area contributed by atoms with Gasteiger partial charge in [0.15, 0.2) is 0 Å². The predicted molar refractivity (Wildman–Crippen MR) is 99.4 cm³/mol. The van der Waals surface area contributed by atoms with Crippen LogP contribution in [0.5, 0.6) is 0 Å². The number of ether oxygens (including phenoxy) is 1.